The van der Waals surface area contributed by atoms with Gasteiger partial charge < -0.3 is 14.4 Å². The second-order valence-corrected chi connectivity index (χ2v) is 6.16. The Labute approximate surface area is 107 Å². The molecular formula is C13H21NO4. The summed E-state index contributed by atoms with van der Waals surface area (Å²) in [5.41, 5.74) is -0.977. The maximum Gasteiger partial charge on any atom is 0.410 e. The van der Waals surface area contributed by atoms with Crippen LogP contribution < -0.4 is 0 Å². The number of Topliss-reactive ketones (excluding diaryl/α,β-unsaturated/α-hetero) is 1. The molecule has 2 saturated heterocycles. The first-order chi connectivity index (χ1) is 8.32. The molecule has 1 atom stereocenters. The topological polar surface area (TPSA) is 55.8 Å². The minimum absolute atomic E-state index is 0.222. The van der Waals surface area contributed by atoms with Gasteiger partial charge in [-0.15, -0.1) is 0 Å². The number of carbonyl (C=O) groups is 2. The molecule has 0 saturated carbocycles. The highest BCUT2D eigenvalue weighted by Crippen LogP contribution is 2.36. The number of rotatable bonds is 0. The van der Waals surface area contributed by atoms with Gasteiger partial charge in [0.25, 0.3) is 0 Å². The lowest BCUT2D eigenvalue weighted by atomic mass is 9.80. The van der Waals surface area contributed by atoms with Gasteiger partial charge in [0, 0.05) is 19.5 Å². The molecule has 0 aromatic rings. The highest BCUT2D eigenvalue weighted by Gasteiger charge is 2.47. The van der Waals surface area contributed by atoms with E-state index in [2.05, 4.69) is 0 Å². The van der Waals surface area contributed by atoms with Crippen LogP contribution in [0.25, 0.3) is 0 Å². The smallest absolute Gasteiger partial charge is 0.410 e. The summed E-state index contributed by atoms with van der Waals surface area (Å²) in [5, 5.41) is 0. The van der Waals surface area contributed by atoms with Gasteiger partial charge in [-0.25, -0.2) is 4.79 Å². The maximum atomic E-state index is 12.0. The van der Waals surface area contributed by atoms with E-state index in [1.807, 2.05) is 20.8 Å². The van der Waals surface area contributed by atoms with Crippen molar-refractivity contribution in [2.75, 3.05) is 26.3 Å². The summed E-state index contributed by atoms with van der Waals surface area (Å²) in [6, 6.07) is 0. The van der Waals surface area contributed by atoms with Gasteiger partial charge in [0.05, 0.1) is 18.6 Å². The van der Waals surface area contributed by atoms with Crippen LogP contribution in [0, 0.1) is 5.41 Å². The molecule has 18 heavy (non-hydrogen) atoms. The zero-order chi connectivity index (χ0) is 13.4. The molecule has 2 heterocycles. The third-order valence-corrected chi connectivity index (χ3v) is 3.45. The van der Waals surface area contributed by atoms with Crippen molar-refractivity contribution in [3.05, 3.63) is 0 Å². The van der Waals surface area contributed by atoms with Crippen molar-refractivity contribution < 1.29 is 19.1 Å². The van der Waals surface area contributed by atoms with Gasteiger partial charge in [-0.2, -0.15) is 0 Å². The molecule has 1 spiro atoms. The zero-order valence-electron chi connectivity index (χ0n) is 11.3. The largest absolute Gasteiger partial charge is 0.444 e. The van der Waals surface area contributed by atoms with Crippen LogP contribution in [-0.2, 0) is 14.3 Å². The molecule has 2 aliphatic heterocycles. The van der Waals surface area contributed by atoms with Gasteiger partial charge >= 0.3 is 6.09 Å². The second-order valence-electron chi connectivity index (χ2n) is 6.16. The van der Waals surface area contributed by atoms with Crippen molar-refractivity contribution in [3.63, 3.8) is 0 Å². The third kappa shape index (κ3) is 2.66. The van der Waals surface area contributed by atoms with E-state index < -0.39 is 11.0 Å². The fourth-order valence-corrected chi connectivity index (χ4v) is 2.48. The van der Waals surface area contributed by atoms with Crippen molar-refractivity contribution in [1.82, 2.24) is 4.90 Å². The standard InChI is InChI=1S/C13H21NO4/c1-12(2,3)18-11(16)14-6-5-13(8-14)9-17-7-4-10(13)15/h4-9H2,1-3H3. The summed E-state index contributed by atoms with van der Waals surface area (Å²) in [6.45, 7) is 7.46. The van der Waals surface area contributed by atoms with Crippen LogP contribution in [0.4, 0.5) is 4.79 Å². The predicted octanol–water partition coefficient (Wildman–Crippen LogP) is 1.60. The van der Waals surface area contributed by atoms with Crippen LogP contribution in [-0.4, -0.2) is 48.7 Å². The lowest BCUT2D eigenvalue weighted by Gasteiger charge is -2.31. The van der Waals surface area contributed by atoms with Crippen LogP contribution in [0.1, 0.15) is 33.6 Å². The number of amides is 1. The van der Waals surface area contributed by atoms with E-state index in [0.29, 0.717) is 39.1 Å². The molecule has 5 heteroatoms. The first-order valence-electron chi connectivity index (χ1n) is 6.41. The zero-order valence-corrected chi connectivity index (χ0v) is 11.3. The first-order valence-corrected chi connectivity index (χ1v) is 6.41. The predicted molar refractivity (Wildman–Crippen MR) is 65.3 cm³/mol. The van der Waals surface area contributed by atoms with Crippen molar-refractivity contribution >= 4 is 11.9 Å². The molecule has 102 valence electrons. The lowest BCUT2D eigenvalue weighted by Crippen LogP contribution is -2.44. The maximum absolute atomic E-state index is 12.0. The van der Waals surface area contributed by atoms with Gasteiger partial charge in [-0.1, -0.05) is 0 Å². The Morgan fingerprint density at radius 1 is 1.44 bits per heavy atom. The minimum atomic E-state index is -0.500. The molecule has 0 aromatic heterocycles. The van der Waals surface area contributed by atoms with Crippen molar-refractivity contribution in [1.29, 1.82) is 0 Å². The van der Waals surface area contributed by atoms with Gasteiger partial charge in [0.1, 0.15) is 11.4 Å². The summed E-state index contributed by atoms with van der Waals surface area (Å²) in [4.78, 5) is 25.6. The molecule has 2 rings (SSSR count). The van der Waals surface area contributed by atoms with Crippen molar-refractivity contribution in [2.45, 2.75) is 39.2 Å². The Balaban J connectivity index is 1.99. The summed E-state index contributed by atoms with van der Waals surface area (Å²) >= 11 is 0. The molecule has 1 amide bonds. The average molecular weight is 255 g/mol. The third-order valence-electron chi connectivity index (χ3n) is 3.45. The summed E-state index contributed by atoms with van der Waals surface area (Å²) < 4.78 is 10.7. The van der Waals surface area contributed by atoms with E-state index in [0.717, 1.165) is 0 Å². The van der Waals surface area contributed by atoms with Crippen LogP contribution in [0.2, 0.25) is 0 Å². The molecule has 5 nitrogen and oxygen atoms in total. The molecule has 0 bridgehead atoms. The fraction of sp³-hybridized carbons (Fsp3) is 0.846. The van der Waals surface area contributed by atoms with Gasteiger partial charge in [-0.3, -0.25) is 4.79 Å². The molecule has 0 radical (unpaired) electrons. The van der Waals surface area contributed by atoms with E-state index in [1.165, 1.54) is 0 Å². The monoisotopic (exact) mass is 255 g/mol. The summed E-state index contributed by atoms with van der Waals surface area (Å²) in [6.07, 6.45) is 0.811. The molecule has 0 aromatic carbocycles. The van der Waals surface area contributed by atoms with E-state index >= 15 is 0 Å². The highest BCUT2D eigenvalue weighted by atomic mass is 16.6. The minimum Gasteiger partial charge on any atom is -0.444 e. The Morgan fingerprint density at radius 2 is 2.17 bits per heavy atom. The molecule has 0 N–H and O–H groups in total. The van der Waals surface area contributed by atoms with Crippen LogP contribution in [0.15, 0.2) is 0 Å². The van der Waals surface area contributed by atoms with Crippen LogP contribution >= 0.6 is 0 Å². The molecule has 2 fully saturated rings. The van der Waals surface area contributed by atoms with E-state index in [9.17, 15) is 9.59 Å². The number of likely N-dealkylation sites (tertiary alicyclic amines) is 1. The lowest BCUT2D eigenvalue weighted by molar-refractivity contribution is -0.139. The molecule has 1 unspecified atom stereocenters. The quantitative estimate of drug-likeness (QED) is 0.660. The number of nitrogens with zero attached hydrogens (tertiary/aromatic N) is 1. The number of ketones is 1. The van der Waals surface area contributed by atoms with Gasteiger partial charge in [0.15, 0.2) is 0 Å². The average Bonchev–Trinajstić information content (AvgIpc) is 2.66. The highest BCUT2D eigenvalue weighted by molar-refractivity contribution is 5.87. The number of ether oxygens (including phenoxy) is 2. The van der Waals surface area contributed by atoms with E-state index in [4.69, 9.17) is 9.47 Å². The number of hydrogen-bond donors (Lipinski definition) is 0. The van der Waals surface area contributed by atoms with Crippen molar-refractivity contribution in [2.24, 2.45) is 5.41 Å². The Kier molecular flexibility index (Phi) is 3.36. The SMILES string of the molecule is CC(C)(C)OC(=O)N1CCC2(COCCC2=O)C1. The molecule has 2 aliphatic rings. The fourth-order valence-electron chi connectivity index (χ4n) is 2.48. The van der Waals surface area contributed by atoms with Crippen LogP contribution in [0.5, 0.6) is 0 Å². The van der Waals surface area contributed by atoms with Gasteiger partial charge in [-0.05, 0) is 27.2 Å². The Bertz CT molecular complexity index is 360. The second kappa shape index (κ2) is 4.53. The summed E-state index contributed by atoms with van der Waals surface area (Å²) in [7, 11) is 0. The number of hydrogen-bond acceptors (Lipinski definition) is 4. The van der Waals surface area contributed by atoms with E-state index in [1.54, 1.807) is 4.90 Å². The first kappa shape index (κ1) is 13.3. The van der Waals surface area contributed by atoms with Gasteiger partial charge in [0.2, 0.25) is 0 Å². The van der Waals surface area contributed by atoms with Crippen molar-refractivity contribution in [3.8, 4) is 0 Å². The Morgan fingerprint density at radius 3 is 2.78 bits per heavy atom. The normalized spacial score (nSPS) is 28.8. The molecule has 0 aliphatic carbocycles. The van der Waals surface area contributed by atoms with Crippen LogP contribution in [0.3, 0.4) is 0 Å². The molecular weight excluding hydrogens is 234 g/mol. The Hall–Kier alpha value is -1.10. The number of carbonyl (C=O) groups excluding carboxylic acids is 2. The van der Waals surface area contributed by atoms with E-state index in [-0.39, 0.29) is 11.9 Å². The summed E-state index contributed by atoms with van der Waals surface area (Å²) in [5.74, 6) is 0.222.